The Kier molecular flexibility index (Phi) is 7.17. The predicted octanol–water partition coefficient (Wildman–Crippen LogP) is 7.45. The van der Waals surface area contributed by atoms with Crippen molar-refractivity contribution >= 4 is 0 Å². The molecule has 2 atom stereocenters. The lowest BCUT2D eigenvalue weighted by atomic mass is 9.80. The van der Waals surface area contributed by atoms with E-state index in [0.29, 0.717) is 19.6 Å². The third-order valence-corrected chi connectivity index (χ3v) is 6.57. The van der Waals surface area contributed by atoms with Gasteiger partial charge in [-0.05, 0) is 34.8 Å². The summed E-state index contributed by atoms with van der Waals surface area (Å²) in [6.45, 7) is 0.764. The molecule has 0 heterocycles. The molecular formula is C32H29FO2. The molecule has 1 aliphatic carbocycles. The molecule has 0 unspecified atom stereocenters. The lowest BCUT2D eigenvalue weighted by Gasteiger charge is -2.36. The summed E-state index contributed by atoms with van der Waals surface area (Å²) in [7, 11) is 0. The van der Waals surface area contributed by atoms with Crippen molar-refractivity contribution in [1.82, 2.24) is 0 Å². The van der Waals surface area contributed by atoms with Gasteiger partial charge in [0, 0.05) is 5.92 Å². The van der Waals surface area contributed by atoms with Crippen LogP contribution < -0.4 is 0 Å². The summed E-state index contributed by atoms with van der Waals surface area (Å²) in [5.74, 6) is -0.287. The monoisotopic (exact) mass is 464 g/mol. The van der Waals surface area contributed by atoms with Crippen LogP contribution in [0.2, 0.25) is 0 Å². The number of halogens is 1. The van der Waals surface area contributed by atoms with Crippen LogP contribution in [0.3, 0.4) is 0 Å². The van der Waals surface area contributed by atoms with E-state index in [-0.39, 0.29) is 11.7 Å². The molecule has 0 saturated heterocycles. The molecule has 0 saturated carbocycles. The van der Waals surface area contributed by atoms with Crippen molar-refractivity contribution < 1.29 is 13.9 Å². The minimum atomic E-state index is -0.808. The van der Waals surface area contributed by atoms with E-state index in [2.05, 4.69) is 36.4 Å². The zero-order valence-corrected chi connectivity index (χ0v) is 19.6. The van der Waals surface area contributed by atoms with E-state index in [4.69, 9.17) is 9.47 Å². The number of hydrogen-bond donors (Lipinski definition) is 0. The highest BCUT2D eigenvalue weighted by Crippen LogP contribution is 2.41. The van der Waals surface area contributed by atoms with Gasteiger partial charge in [0.15, 0.2) is 0 Å². The van der Waals surface area contributed by atoms with E-state index in [1.54, 1.807) is 6.08 Å². The average molecular weight is 465 g/mol. The van der Waals surface area contributed by atoms with Crippen LogP contribution in [0.5, 0.6) is 0 Å². The number of hydrogen-bond acceptors (Lipinski definition) is 2. The first-order chi connectivity index (χ1) is 17.3. The Morgan fingerprint density at radius 1 is 0.657 bits per heavy atom. The zero-order valence-electron chi connectivity index (χ0n) is 19.6. The van der Waals surface area contributed by atoms with E-state index >= 15 is 0 Å². The highest BCUT2D eigenvalue weighted by molar-refractivity contribution is 5.47. The Bertz CT molecular complexity index is 1130. The molecule has 176 valence electrons. The fourth-order valence-corrected chi connectivity index (χ4v) is 4.82. The summed E-state index contributed by atoms with van der Waals surface area (Å²) in [4.78, 5) is 0. The van der Waals surface area contributed by atoms with Crippen molar-refractivity contribution in [3.8, 4) is 0 Å². The van der Waals surface area contributed by atoms with Gasteiger partial charge < -0.3 is 9.47 Å². The van der Waals surface area contributed by atoms with Crippen molar-refractivity contribution in [1.29, 1.82) is 0 Å². The number of benzene rings is 4. The second-order valence-electron chi connectivity index (χ2n) is 8.92. The molecule has 4 aromatic rings. The Hall–Kier alpha value is -3.53. The Balaban J connectivity index is 1.40. The molecule has 2 nitrogen and oxygen atoms in total. The lowest BCUT2D eigenvalue weighted by molar-refractivity contribution is -0.0108. The highest BCUT2D eigenvalue weighted by Gasteiger charge is 2.39. The van der Waals surface area contributed by atoms with Gasteiger partial charge in [-0.15, -0.1) is 0 Å². The quantitative estimate of drug-likeness (QED) is 0.239. The van der Waals surface area contributed by atoms with Crippen LogP contribution in [-0.2, 0) is 21.7 Å². The van der Waals surface area contributed by atoms with E-state index in [9.17, 15) is 4.39 Å². The van der Waals surface area contributed by atoms with Crippen LogP contribution in [0.4, 0.5) is 4.39 Å². The fourth-order valence-electron chi connectivity index (χ4n) is 4.82. The molecule has 1 aliphatic rings. The maximum Gasteiger partial charge on any atom is 0.143 e. The third kappa shape index (κ3) is 5.12. The van der Waals surface area contributed by atoms with Crippen molar-refractivity contribution in [3.63, 3.8) is 0 Å². The molecule has 0 spiro atoms. The van der Waals surface area contributed by atoms with E-state index in [0.717, 1.165) is 22.3 Å². The van der Waals surface area contributed by atoms with Crippen molar-refractivity contribution in [3.05, 3.63) is 155 Å². The first-order valence-electron chi connectivity index (χ1n) is 12.1. The summed E-state index contributed by atoms with van der Waals surface area (Å²) < 4.78 is 27.6. The molecule has 5 rings (SSSR count). The molecule has 0 amide bonds. The molecule has 0 radical (unpaired) electrons. The second kappa shape index (κ2) is 10.8. The van der Waals surface area contributed by atoms with Gasteiger partial charge in [-0.25, -0.2) is 4.39 Å². The van der Waals surface area contributed by atoms with E-state index in [1.807, 2.05) is 84.9 Å². The minimum Gasteiger partial charge on any atom is -0.366 e. The highest BCUT2D eigenvalue weighted by atomic mass is 19.1. The molecular weight excluding hydrogens is 435 g/mol. The van der Waals surface area contributed by atoms with Gasteiger partial charge in [-0.3, -0.25) is 0 Å². The third-order valence-electron chi connectivity index (χ3n) is 6.57. The van der Waals surface area contributed by atoms with Crippen LogP contribution in [0.15, 0.2) is 133 Å². The van der Waals surface area contributed by atoms with E-state index in [1.165, 1.54) is 0 Å². The first kappa shape index (κ1) is 23.2. The topological polar surface area (TPSA) is 18.5 Å². The Labute approximate surface area is 206 Å². The predicted molar refractivity (Wildman–Crippen MR) is 137 cm³/mol. The van der Waals surface area contributed by atoms with Crippen LogP contribution >= 0.6 is 0 Å². The van der Waals surface area contributed by atoms with Gasteiger partial charge in [-0.1, -0.05) is 121 Å². The molecule has 0 aromatic heterocycles. The normalized spacial score (nSPS) is 17.8. The summed E-state index contributed by atoms with van der Waals surface area (Å²) in [5, 5.41) is 0. The zero-order chi connectivity index (χ0) is 23.9. The smallest absolute Gasteiger partial charge is 0.143 e. The van der Waals surface area contributed by atoms with Crippen LogP contribution in [0.1, 0.15) is 28.7 Å². The largest absolute Gasteiger partial charge is 0.366 e. The average Bonchev–Trinajstić information content (AvgIpc) is 3.29. The van der Waals surface area contributed by atoms with Gasteiger partial charge in [0.2, 0.25) is 0 Å². The van der Waals surface area contributed by atoms with Crippen LogP contribution in [0, 0.1) is 5.92 Å². The van der Waals surface area contributed by atoms with E-state index < -0.39 is 11.7 Å². The van der Waals surface area contributed by atoms with Crippen LogP contribution in [-0.4, -0.2) is 12.7 Å². The summed E-state index contributed by atoms with van der Waals surface area (Å²) >= 11 is 0. The summed E-state index contributed by atoms with van der Waals surface area (Å²) in [6, 6.07) is 40.6. The van der Waals surface area contributed by atoms with Crippen molar-refractivity contribution in [2.45, 2.75) is 24.7 Å². The van der Waals surface area contributed by atoms with Crippen LogP contribution in [0.25, 0.3) is 0 Å². The molecule has 3 heteroatoms. The standard InChI is InChI=1S/C32H29FO2/c33-30-21-26(22-31(30)34-23-25-13-5-1-6-14-25)24-35-32(27-15-7-2-8-16-27,28-17-9-3-10-18-28)29-19-11-4-12-20-29/h1-21,26,31H,22-24H2/t26-,31+/m1/s1. The van der Waals surface area contributed by atoms with Gasteiger partial charge in [0.05, 0.1) is 13.2 Å². The fraction of sp³-hybridized carbons (Fsp3) is 0.188. The van der Waals surface area contributed by atoms with Crippen molar-refractivity contribution in [2.24, 2.45) is 5.92 Å². The molecule has 0 aliphatic heterocycles. The van der Waals surface area contributed by atoms with Gasteiger partial charge in [0.1, 0.15) is 17.5 Å². The summed E-state index contributed by atoms with van der Waals surface area (Å²) in [5.41, 5.74) is 3.35. The van der Waals surface area contributed by atoms with Crippen molar-refractivity contribution in [2.75, 3.05) is 6.61 Å². The molecule has 4 aromatic carbocycles. The SMILES string of the molecule is FC1=C[C@@H](COC(c2ccccc2)(c2ccccc2)c2ccccc2)C[C@@H]1OCc1ccccc1. The van der Waals surface area contributed by atoms with Gasteiger partial charge in [0.25, 0.3) is 0 Å². The number of ether oxygens (including phenoxy) is 2. The molecule has 35 heavy (non-hydrogen) atoms. The maximum absolute atomic E-state index is 14.8. The van der Waals surface area contributed by atoms with Gasteiger partial charge in [-0.2, -0.15) is 0 Å². The number of rotatable bonds is 9. The molecule has 0 N–H and O–H groups in total. The maximum atomic E-state index is 14.8. The summed E-state index contributed by atoms with van der Waals surface area (Å²) in [6.07, 6.45) is 1.69. The van der Waals surface area contributed by atoms with Gasteiger partial charge >= 0.3 is 0 Å². The first-order valence-corrected chi connectivity index (χ1v) is 12.1. The molecule has 0 bridgehead atoms. The molecule has 0 fully saturated rings. The second-order valence-corrected chi connectivity index (χ2v) is 8.92. The Morgan fingerprint density at radius 3 is 1.60 bits per heavy atom. The lowest BCUT2D eigenvalue weighted by Crippen LogP contribution is -2.34. The minimum absolute atomic E-state index is 0.0775. The Morgan fingerprint density at radius 2 is 1.11 bits per heavy atom.